The van der Waals surface area contributed by atoms with Crippen LogP contribution in [0.2, 0.25) is 0 Å². The monoisotopic (exact) mass is 1030 g/mol. The minimum absolute atomic E-state index is 0.0120. The van der Waals surface area contributed by atoms with Crippen LogP contribution in [-0.4, -0.2) is 29.9 Å². The smallest absolute Gasteiger partial charge is 0.331 e. The summed E-state index contributed by atoms with van der Waals surface area (Å²) in [5.41, 5.74) is 8.85. The van der Waals surface area contributed by atoms with E-state index in [1.54, 1.807) is 0 Å². The molecule has 10 aromatic rings. The fourth-order valence-electron chi connectivity index (χ4n) is 10.2. The average Bonchev–Trinajstić information content (AvgIpc) is 3.49. The van der Waals surface area contributed by atoms with Crippen molar-refractivity contribution < 1.29 is 28.4 Å². The number of benzene rings is 8. The molecule has 2 saturated carbocycles. The van der Waals surface area contributed by atoms with Crippen LogP contribution in [0.15, 0.2) is 206 Å². The van der Waals surface area contributed by atoms with Gasteiger partial charge >= 0.3 is 36.1 Å². The molecule has 0 saturated heterocycles. The molecule has 0 amide bonds. The van der Waals surface area contributed by atoms with Crippen LogP contribution in [0.4, 0.5) is 0 Å². The molecule has 0 atom stereocenters. The molecule has 12 heteroatoms. The normalized spacial score (nSPS) is 13.8. The fraction of sp³-hybridized carbons (Fsp3) is 0.182. The van der Waals surface area contributed by atoms with Crippen LogP contribution in [0.25, 0.3) is 33.4 Å². The van der Waals surface area contributed by atoms with E-state index in [0.717, 1.165) is 33.4 Å². The second-order valence-corrected chi connectivity index (χ2v) is 19.6. The van der Waals surface area contributed by atoms with E-state index in [9.17, 15) is 0 Å². The van der Waals surface area contributed by atoms with Crippen LogP contribution in [0.1, 0.15) is 87.2 Å². The van der Waals surface area contributed by atoms with E-state index in [1.165, 1.54) is 75.3 Å². The van der Waals surface area contributed by atoms with Crippen LogP contribution >= 0.6 is 0 Å². The highest BCUT2D eigenvalue weighted by molar-refractivity contribution is 5.66. The lowest BCUT2D eigenvalue weighted by Crippen LogP contribution is -2.04. The van der Waals surface area contributed by atoms with Crippen LogP contribution in [0.3, 0.4) is 0 Å². The third-order valence-corrected chi connectivity index (χ3v) is 14.3. The Kier molecular flexibility index (Phi) is 15.0. The van der Waals surface area contributed by atoms with Gasteiger partial charge in [0, 0.05) is 0 Å². The molecule has 0 aliphatic heterocycles. The van der Waals surface area contributed by atoms with Gasteiger partial charge in [-0.05, 0) is 155 Å². The molecular formula is C66H56N6O6. The molecule has 0 unspecified atom stereocenters. The number of nitrogens with zero attached hydrogens (tertiary/aromatic N) is 6. The predicted octanol–water partition coefficient (Wildman–Crippen LogP) is 17.9. The first-order chi connectivity index (χ1) is 38.5. The first-order valence-corrected chi connectivity index (χ1v) is 26.8. The van der Waals surface area contributed by atoms with Crippen LogP contribution in [0, 0.1) is 0 Å². The van der Waals surface area contributed by atoms with Gasteiger partial charge in [0.2, 0.25) is 0 Å². The zero-order chi connectivity index (χ0) is 52.3. The van der Waals surface area contributed by atoms with Gasteiger partial charge in [-0.15, -0.1) is 29.9 Å². The standard InChI is InChI=1S/C66H56N6O6/c1-5-13-45(14-6-1)49-21-33-55(34-22-49)73-61-67-62(74-56-35-23-50(24-36-56)46-15-7-2-8-16-46)70-65(69-61)77-59-41-29-53(30-42-59)54-31-43-60(44-32-54)78-66-71-63(75-57-37-25-51(26-38-57)47-17-9-3-10-18-47)68-64(72-66)76-58-39-27-52(28-40-58)48-19-11-4-12-20-48/h1,3,5-6,9-10,13-14,17-18,21-44,46,48H,2,4,7-8,11-12,15-16,19-20H2. The largest absolute Gasteiger partial charge is 0.424 e. The highest BCUT2D eigenvalue weighted by atomic mass is 16.5. The van der Waals surface area contributed by atoms with Crippen LogP contribution < -0.4 is 28.4 Å². The second-order valence-electron chi connectivity index (χ2n) is 19.6. The van der Waals surface area contributed by atoms with Gasteiger partial charge in [-0.1, -0.05) is 172 Å². The molecule has 2 fully saturated rings. The SMILES string of the molecule is c1ccc(-c2ccc(Oc3nc(Oc4ccc(-c5ccc(Oc6nc(Oc7ccc(-c8ccccc8)cc7)nc(Oc7ccc(C8CCCCC8)cc7)n6)cc5)cc4)nc(Oc4ccc(C5CCCCC5)cc4)n3)cc2)cc1. The highest BCUT2D eigenvalue weighted by Gasteiger charge is 2.20. The van der Waals surface area contributed by atoms with Crippen molar-refractivity contribution >= 4 is 0 Å². The molecule has 0 radical (unpaired) electrons. The van der Waals surface area contributed by atoms with Crippen molar-refractivity contribution in [3.63, 3.8) is 0 Å². The van der Waals surface area contributed by atoms with E-state index in [1.807, 2.05) is 158 Å². The van der Waals surface area contributed by atoms with Crippen molar-refractivity contribution in [3.8, 4) is 104 Å². The molecule has 2 aliphatic rings. The van der Waals surface area contributed by atoms with E-state index in [4.69, 9.17) is 28.4 Å². The minimum Gasteiger partial charge on any atom is -0.424 e. The Morgan fingerprint density at radius 3 is 0.654 bits per heavy atom. The summed E-state index contributed by atoms with van der Waals surface area (Å²) in [5, 5.41) is 0. The van der Waals surface area contributed by atoms with Gasteiger partial charge in [-0.3, -0.25) is 0 Å². The van der Waals surface area contributed by atoms with E-state index in [-0.39, 0.29) is 36.1 Å². The molecule has 2 aromatic heterocycles. The number of rotatable bonds is 17. The third-order valence-electron chi connectivity index (χ3n) is 14.3. The maximum Gasteiger partial charge on any atom is 0.331 e. The number of hydrogen-bond donors (Lipinski definition) is 0. The third kappa shape index (κ3) is 12.6. The quantitative estimate of drug-likeness (QED) is 0.0860. The van der Waals surface area contributed by atoms with Crippen molar-refractivity contribution in [2.45, 2.75) is 76.0 Å². The Morgan fingerprint density at radius 1 is 0.218 bits per heavy atom. The molecule has 2 aliphatic carbocycles. The lowest BCUT2D eigenvalue weighted by Gasteiger charge is -2.22. The molecule has 78 heavy (non-hydrogen) atoms. The number of hydrogen-bond acceptors (Lipinski definition) is 12. The molecule has 12 rings (SSSR count). The summed E-state index contributed by atoms with van der Waals surface area (Å²) in [5.74, 6) is 4.46. The molecule has 2 heterocycles. The maximum absolute atomic E-state index is 6.25. The van der Waals surface area contributed by atoms with Gasteiger partial charge in [0.15, 0.2) is 0 Å². The predicted molar refractivity (Wildman–Crippen MR) is 300 cm³/mol. The van der Waals surface area contributed by atoms with Crippen molar-refractivity contribution in [1.82, 2.24) is 29.9 Å². The van der Waals surface area contributed by atoms with Gasteiger partial charge in [0.05, 0.1) is 0 Å². The van der Waals surface area contributed by atoms with Gasteiger partial charge in [0.1, 0.15) is 34.5 Å². The number of ether oxygens (including phenoxy) is 6. The summed E-state index contributed by atoms with van der Waals surface area (Å²) >= 11 is 0. The zero-order valence-electron chi connectivity index (χ0n) is 43.0. The van der Waals surface area contributed by atoms with Gasteiger partial charge < -0.3 is 28.4 Å². The topological polar surface area (TPSA) is 133 Å². The average molecular weight is 1030 g/mol. The molecular weight excluding hydrogens is 973 g/mol. The summed E-state index contributed by atoms with van der Waals surface area (Å²) in [6.07, 6.45) is 12.5. The lowest BCUT2D eigenvalue weighted by molar-refractivity contribution is 0.361. The Hall–Kier alpha value is -9.42. The van der Waals surface area contributed by atoms with E-state index in [0.29, 0.717) is 46.3 Å². The lowest BCUT2D eigenvalue weighted by atomic mass is 9.84. The Bertz CT molecular complexity index is 3300. The van der Waals surface area contributed by atoms with Gasteiger partial charge in [0.25, 0.3) is 0 Å². The minimum atomic E-state index is 0.0120. The summed E-state index contributed by atoms with van der Waals surface area (Å²) < 4.78 is 37.3. The van der Waals surface area contributed by atoms with Crippen LogP contribution in [-0.2, 0) is 0 Å². The molecule has 386 valence electrons. The molecule has 0 bridgehead atoms. The molecule has 0 N–H and O–H groups in total. The summed E-state index contributed by atoms with van der Waals surface area (Å²) in [7, 11) is 0. The fourth-order valence-corrected chi connectivity index (χ4v) is 10.2. The summed E-state index contributed by atoms with van der Waals surface area (Å²) in [4.78, 5) is 27.3. The Morgan fingerprint density at radius 2 is 0.423 bits per heavy atom. The highest BCUT2D eigenvalue weighted by Crippen LogP contribution is 2.37. The van der Waals surface area contributed by atoms with Gasteiger partial charge in [-0.2, -0.15) is 0 Å². The van der Waals surface area contributed by atoms with Crippen molar-refractivity contribution in [1.29, 1.82) is 0 Å². The van der Waals surface area contributed by atoms with Crippen molar-refractivity contribution in [2.24, 2.45) is 0 Å². The van der Waals surface area contributed by atoms with E-state index >= 15 is 0 Å². The summed E-state index contributed by atoms with van der Waals surface area (Å²) in [6, 6.07) is 67.6. The van der Waals surface area contributed by atoms with Crippen molar-refractivity contribution in [3.05, 3.63) is 217 Å². The zero-order valence-corrected chi connectivity index (χ0v) is 43.0. The summed E-state index contributed by atoms with van der Waals surface area (Å²) in [6.45, 7) is 0. The first-order valence-electron chi connectivity index (χ1n) is 26.8. The maximum atomic E-state index is 6.25. The van der Waals surface area contributed by atoms with E-state index in [2.05, 4.69) is 78.4 Å². The van der Waals surface area contributed by atoms with Gasteiger partial charge in [-0.25, -0.2) is 0 Å². The van der Waals surface area contributed by atoms with Crippen LogP contribution in [0.5, 0.6) is 70.6 Å². The first kappa shape index (κ1) is 49.5. The van der Waals surface area contributed by atoms with E-state index < -0.39 is 0 Å². The Balaban J connectivity index is 0.746. The molecule has 8 aromatic carbocycles. The number of aromatic nitrogens is 6. The second kappa shape index (κ2) is 23.6. The van der Waals surface area contributed by atoms with Crippen molar-refractivity contribution in [2.75, 3.05) is 0 Å². The molecule has 0 spiro atoms. The Labute approximate surface area is 453 Å². The molecule has 12 nitrogen and oxygen atoms in total.